The van der Waals surface area contributed by atoms with Crippen molar-refractivity contribution in [2.75, 3.05) is 0 Å². The number of carbonyl (C=O) groups excluding carboxylic acids is 1. The monoisotopic (exact) mass is 246 g/mol. The normalized spacial score (nSPS) is 31.5. The summed E-state index contributed by atoms with van der Waals surface area (Å²) in [6.45, 7) is 0. The van der Waals surface area contributed by atoms with Crippen molar-refractivity contribution in [3.05, 3.63) is 12.2 Å². The Balaban J connectivity index is 2.92. The Morgan fingerprint density at radius 1 is 1.33 bits per heavy atom. The van der Waals surface area contributed by atoms with Gasteiger partial charge in [0.15, 0.2) is 0 Å². The Hall–Kier alpha value is 0.570. The third kappa shape index (κ3) is 2.29. The predicted octanol–water partition coefficient (Wildman–Crippen LogP) is 3.11. The van der Waals surface area contributed by atoms with Crippen molar-refractivity contribution in [1.29, 1.82) is 0 Å². The van der Waals surface area contributed by atoms with Crippen molar-refractivity contribution in [2.24, 2.45) is 5.92 Å². The summed E-state index contributed by atoms with van der Waals surface area (Å²) in [6.07, 6.45) is 3.88. The fraction of sp³-hybridized carbons (Fsp3) is 0.571. The zero-order chi connectivity index (χ0) is 9.41. The maximum atomic E-state index is 10.5. The molecular formula is C7H6Cl4O. The molecule has 0 heterocycles. The molecule has 0 amide bonds. The molecule has 12 heavy (non-hydrogen) atoms. The summed E-state index contributed by atoms with van der Waals surface area (Å²) in [5.74, 6) is -0.536. The SMILES string of the molecule is O=CC1C=CC(Cl)(Cl)CC1(Cl)Cl. The standard InChI is InChI=1S/C7H6Cl4O/c8-6(9)2-1-5(3-12)7(10,11)4-6/h1-3,5H,4H2. The van der Waals surface area contributed by atoms with Crippen molar-refractivity contribution in [1.82, 2.24) is 0 Å². The molecular weight excluding hydrogens is 242 g/mol. The quantitative estimate of drug-likeness (QED) is 0.395. The Labute approximate surface area is 90.6 Å². The fourth-order valence-corrected chi connectivity index (χ4v) is 2.53. The molecule has 0 N–H and O–H groups in total. The van der Waals surface area contributed by atoms with Crippen LogP contribution in [0.1, 0.15) is 6.42 Å². The number of halogens is 4. The number of rotatable bonds is 1. The van der Waals surface area contributed by atoms with Gasteiger partial charge in [-0.05, 0) is 0 Å². The molecule has 0 saturated carbocycles. The van der Waals surface area contributed by atoms with E-state index in [4.69, 9.17) is 46.4 Å². The van der Waals surface area contributed by atoms with Gasteiger partial charge in [-0.15, -0.1) is 23.2 Å². The van der Waals surface area contributed by atoms with Crippen molar-refractivity contribution < 1.29 is 4.79 Å². The summed E-state index contributed by atoms with van der Waals surface area (Å²) in [4.78, 5) is 10.5. The van der Waals surface area contributed by atoms with E-state index in [0.29, 0.717) is 6.29 Å². The molecule has 0 bridgehead atoms. The van der Waals surface area contributed by atoms with Gasteiger partial charge >= 0.3 is 0 Å². The van der Waals surface area contributed by atoms with E-state index in [1.54, 1.807) is 0 Å². The Morgan fingerprint density at radius 2 is 1.92 bits per heavy atom. The highest BCUT2D eigenvalue weighted by Crippen LogP contribution is 2.46. The topological polar surface area (TPSA) is 17.1 Å². The highest BCUT2D eigenvalue weighted by atomic mass is 35.5. The van der Waals surface area contributed by atoms with Crippen LogP contribution in [-0.2, 0) is 4.79 Å². The molecule has 0 aromatic carbocycles. The molecule has 0 aromatic heterocycles. The van der Waals surface area contributed by atoms with Crippen LogP contribution >= 0.6 is 46.4 Å². The van der Waals surface area contributed by atoms with Crippen LogP contribution in [0.25, 0.3) is 0 Å². The van der Waals surface area contributed by atoms with Crippen LogP contribution in [0.5, 0.6) is 0 Å². The van der Waals surface area contributed by atoms with Crippen molar-refractivity contribution in [3.8, 4) is 0 Å². The molecule has 0 fully saturated rings. The molecule has 1 atom stereocenters. The number of carbonyl (C=O) groups is 1. The lowest BCUT2D eigenvalue weighted by molar-refractivity contribution is -0.110. The molecule has 0 saturated heterocycles. The van der Waals surface area contributed by atoms with E-state index in [-0.39, 0.29) is 6.42 Å². The number of allylic oxidation sites excluding steroid dienone is 2. The maximum Gasteiger partial charge on any atom is 0.139 e. The number of alkyl halides is 4. The summed E-state index contributed by atoms with van der Waals surface area (Å²) in [5, 5.41) is 0. The van der Waals surface area contributed by atoms with Gasteiger partial charge in [0.25, 0.3) is 0 Å². The predicted molar refractivity (Wildman–Crippen MR) is 52.2 cm³/mol. The van der Waals surface area contributed by atoms with Crippen LogP contribution in [0.4, 0.5) is 0 Å². The molecule has 1 unspecified atom stereocenters. The van der Waals surface area contributed by atoms with Gasteiger partial charge in [0.05, 0.1) is 5.92 Å². The lowest BCUT2D eigenvalue weighted by Gasteiger charge is -2.32. The van der Waals surface area contributed by atoms with Crippen LogP contribution < -0.4 is 0 Å². The largest absolute Gasteiger partial charge is 0.303 e. The smallest absolute Gasteiger partial charge is 0.139 e. The zero-order valence-electron chi connectivity index (χ0n) is 5.94. The van der Waals surface area contributed by atoms with Crippen LogP contribution in [0, 0.1) is 5.92 Å². The first kappa shape index (κ1) is 10.6. The van der Waals surface area contributed by atoms with E-state index in [1.807, 2.05) is 0 Å². The minimum Gasteiger partial charge on any atom is -0.303 e. The van der Waals surface area contributed by atoms with E-state index in [1.165, 1.54) is 12.2 Å². The summed E-state index contributed by atoms with van der Waals surface area (Å²) in [6, 6.07) is 0. The number of hydrogen-bond acceptors (Lipinski definition) is 1. The molecule has 1 nitrogen and oxygen atoms in total. The molecule has 0 aromatic rings. The molecule has 1 rings (SSSR count). The highest BCUT2D eigenvalue weighted by Gasteiger charge is 2.43. The first-order valence-corrected chi connectivity index (χ1v) is 4.79. The molecule has 0 aliphatic heterocycles. The van der Waals surface area contributed by atoms with Gasteiger partial charge in [0.1, 0.15) is 15.0 Å². The minimum atomic E-state index is -1.19. The Kier molecular flexibility index (Phi) is 3.00. The second kappa shape index (κ2) is 3.38. The lowest BCUT2D eigenvalue weighted by atomic mass is 9.95. The van der Waals surface area contributed by atoms with E-state index < -0.39 is 14.6 Å². The van der Waals surface area contributed by atoms with Crippen LogP contribution in [0.2, 0.25) is 0 Å². The third-order valence-electron chi connectivity index (χ3n) is 1.65. The third-order valence-corrected chi connectivity index (χ3v) is 2.94. The van der Waals surface area contributed by atoms with Gasteiger partial charge < -0.3 is 4.79 Å². The first-order chi connectivity index (χ1) is 5.37. The number of hydrogen-bond donors (Lipinski definition) is 0. The van der Waals surface area contributed by atoms with Crippen LogP contribution in [0.15, 0.2) is 12.2 Å². The van der Waals surface area contributed by atoms with E-state index in [9.17, 15) is 4.79 Å². The summed E-state index contributed by atoms with van der Waals surface area (Å²) < 4.78 is -2.26. The summed E-state index contributed by atoms with van der Waals surface area (Å²) in [7, 11) is 0. The second-order valence-corrected chi connectivity index (χ2v) is 5.80. The van der Waals surface area contributed by atoms with Gasteiger partial charge in [-0.25, -0.2) is 0 Å². The van der Waals surface area contributed by atoms with Crippen molar-refractivity contribution >= 4 is 52.7 Å². The minimum absolute atomic E-state index is 0.145. The first-order valence-electron chi connectivity index (χ1n) is 3.28. The van der Waals surface area contributed by atoms with Gasteiger partial charge in [0.2, 0.25) is 0 Å². The molecule has 0 radical (unpaired) electrons. The second-order valence-electron chi connectivity index (χ2n) is 2.72. The van der Waals surface area contributed by atoms with E-state index in [0.717, 1.165) is 0 Å². The van der Waals surface area contributed by atoms with Gasteiger partial charge in [-0.3, -0.25) is 0 Å². The van der Waals surface area contributed by atoms with Crippen molar-refractivity contribution in [2.45, 2.75) is 15.1 Å². The Morgan fingerprint density at radius 3 is 2.33 bits per heavy atom. The average Bonchev–Trinajstić information content (AvgIpc) is 1.83. The van der Waals surface area contributed by atoms with Crippen molar-refractivity contribution in [3.63, 3.8) is 0 Å². The molecule has 1 aliphatic rings. The van der Waals surface area contributed by atoms with Crippen LogP contribution in [0.3, 0.4) is 0 Å². The summed E-state index contributed by atoms with van der Waals surface area (Å²) >= 11 is 23.2. The van der Waals surface area contributed by atoms with Gasteiger partial charge in [-0.2, -0.15) is 0 Å². The molecule has 1 aliphatic carbocycles. The van der Waals surface area contributed by atoms with E-state index in [2.05, 4.69) is 0 Å². The fourth-order valence-electron chi connectivity index (χ4n) is 1.02. The van der Waals surface area contributed by atoms with Gasteiger partial charge in [-0.1, -0.05) is 35.4 Å². The van der Waals surface area contributed by atoms with Gasteiger partial charge in [0, 0.05) is 6.42 Å². The van der Waals surface area contributed by atoms with E-state index >= 15 is 0 Å². The van der Waals surface area contributed by atoms with Crippen LogP contribution in [-0.4, -0.2) is 15.0 Å². The zero-order valence-corrected chi connectivity index (χ0v) is 8.96. The average molecular weight is 248 g/mol. The lowest BCUT2D eigenvalue weighted by Crippen LogP contribution is -2.35. The molecule has 68 valence electrons. The Bertz CT molecular complexity index is 221. The summed E-state index contributed by atoms with van der Waals surface area (Å²) in [5.41, 5.74) is 0. The highest BCUT2D eigenvalue weighted by molar-refractivity contribution is 6.54. The molecule has 5 heteroatoms. The molecule has 0 spiro atoms. The maximum absolute atomic E-state index is 10.5. The number of aldehydes is 1.